The fourth-order valence-corrected chi connectivity index (χ4v) is 3.37. The van der Waals surface area contributed by atoms with Gasteiger partial charge in [-0.2, -0.15) is 5.01 Å². The van der Waals surface area contributed by atoms with Gasteiger partial charge >= 0.3 is 12.1 Å². The number of amides is 5. The van der Waals surface area contributed by atoms with Crippen molar-refractivity contribution in [2.24, 2.45) is 0 Å². The molecule has 1 aliphatic rings. The lowest BCUT2D eigenvalue weighted by atomic mass is 9.89. The summed E-state index contributed by atoms with van der Waals surface area (Å²) in [6.07, 6.45) is 1.52. The van der Waals surface area contributed by atoms with Gasteiger partial charge in [0.25, 0.3) is 5.91 Å². The van der Waals surface area contributed by atoms with Crippen LogP contribution in [-0.2, 0) is 11.2 Å². The number of carbonyl (C=O) groups is 3. The second-order valence-electron chi connectivity index (χ2n) is 6.56. The number of imide groups is 1. The second kappa shape index (κ2) is 8.43. The number of benzene rings is 2. The maximum absolute atomic E-state index is 12.9. The first-order chi connectivity index (χ1) is 13.4. The molecule has 146 valence electrons. The number of hydrogen-bond acceptors (Lipinski definition) is 3. The molecule has 1 heterocycles. The van der Waals surface area contributed by atoms with Gasteiger partial charge in [0.1, 0.15) is 5.54 Å². The van der Waals surface area contributed by atoms with E-state index in [0.29, 0.717) is 24.9 Å². The van der Waals surface area contributed by atoms with Gasteiger partial charge in [0, 0.05) is 10.2 Å². The van der Waals surface area contributed by atoms with Crippen molar-refractivity contribution in [2.75, 3.05) is 5.32 Å². The number of hydrazine groups is 1. The molecule has 0 aliphatic carbocycles. The highest BCUT2D eigenvalue weighted by molar-refractivity contribution is 9.10. The monoisotopic (exact) mass is 444 g/mol. The molecule has 7 nitrogen and oxygen atoms in total. The van der Waals surface area contributed by atoms with Crippen molar-refractivity contribution in [2.45, 2.75) is 31.7 Å². The Kier molecular flexibility index (Phi) is 5.99. The normalized spacial score (nSPS) is 18.7. The first kappa shape index (κ1) is 19.9. The van der Waals surface area contributed by atoms with Gasteiger partial charge in [0.15, 0.2) is 0 Å². The third kappa shape index (κ3) is 4.33. The molecule has 28 heavy (non-hydrogen) atoms. The Labute approximate surface area is 171 Å². The summed E-state index contributed by atoms with van der Waals surface area (Å²) in [6, 6.07) is 15.4. The Hall–Kier alpha value is -2.87. The third-order valence-electron chi connectivity index (χ3n) is 4.76. The number of hydrogen-bond donors (Lipinski definition) is 3. The standard InChI is InChI=1S/C20H21BrN4O3/c1-2-20(13-12-14-6-4-3-5-7-14)17(26)25(19(28)23-20)24-18(27)22-16-10-8-15(21)9-11-16/h3-11H,2,12-13H2,1H3,(H,23,28)(H2,22,24,27). The average Bonchev–Trinajstić information content (AvgIpc) is 2.93. The van der Waals surface area contributed by atoms with E-state index in [1.54, 1.807) is 24.3 Å². The highest BCUT2D eigenvalue weighted by Gasteiger charge is 2.50. The lowest BCUT2D eigenvalue weighted by Crippen LogP contribution is -2.51. The Morgan fingerprint density at radius 2 is 1.79 bits per heavy atom. The summed E-state index contributed by atoms with van der Waals surface area (Å²) in [6.45, 7) is 1.84. The van der Waals surface area contributed by atoms with Crippen molar-refractivity contribution < 1.29 is 14.4 Å². The largest absolute Gasteiger partial charge is 0.344 e. The molecule has 1 atom stereocenters. The molecule has 1 saturated heterocycles. The van der Waals surface area contributed by atoms with Crippen molar-refractivity contribution >= 4 is 39.6 Å². The van der Waals surface area contributed by atoms with Gasteiger partial charge in [-0.1, -0.05) is 53.2 Å². The SMILES string of the molecule is CCC1(CCc2ccccc2)NC(=O)N(NC(=O)Nc2ccc(Br)cc2)C1=O. The summed E-state index contributed by atoms with van der Waals surface area (Å²) in [4.78, 5) is 37.5. The van der Waals surface area contributed by atoms with E-state index in [2.05, 4.69) is 32.0 Å². The highest BCUT2D eigenvalue weighted by Crippen LogP contribution is 2.26. The van der Waals surface area contributed by atoms with Crippen LogP contribution in [0, 0.1) is 0 Å². The van der Waals surface area contributed by atoms with Crippen LogP contribution in [0.15, 0.2) is 59.1 Å². The number of carbonyl (C=O) groups excluding carboxylic acids is 3. The van der Waals surface area contributed by atoms with Crippen LogP contribution in [0.25, 0.3) is 0 Å². The highest BCUT2D eigenvalue weighted by atomic mass is 79.9. The third-order valence-corrected chi connectivity index (χ3v) is 5.29. The van der Waals surface area contributed by atoms with E-state index in [1.807, 2.05) is 37.3 Å². The van der Waals surface area contributed by atoms with Crippen molar-refractivity contribution in [3.8, 4) is 0 Å². The summed E-state index contributed by atoms with van der Waals surface area (Å²) in [5.74, 6) is -0.457. The molecule has 1 unspecified atom stereocenters. The van der Waals surface area contributed by atoms with Gasteiger partial charge in [-0.05, 0) is 49.1 Å². The lowest BCUT2D eigenvalue weighted by molar-refractivity contribution is -0.133. The molecule has 0 spiro atoms. The van der Waals surface area contributed by atoms with E-state index in [9.17, 15) is 14.4 Å². The van der Waals surface area contributed by atoms with Crippen LogP contribution in [0.3, 0.4) is 0 Å². The Balaban J connectivity index is 1.65. The first-order valence-corrected chi connectivity index (χ1v) is 9.76. The van der Waals surface area contributed by atoms with Crippen LogP contribution in [-0.4, -0.2) is 28.5 Å². The zero-order valence-electron chi connectivity index (χ0n) is 15.4. The lowest BCUT2D eigenvalue weighted by Gasteiger charge is -2.25. The number of nitrogens with one attached hydrogen (secondary N) is 3. The van der Waals surface area contributed by atoms with Crippen molar-refractivity contribution in [1.29, 1.82) is 0 Å². The topological polar surface area (TPSA) is 90.5 Å². The second-order valence-corrected chi connectivity index (χ2v) is 7.48. The van der Waals surface area contributed by atoms with Gasteiger partial charge in [-0.3, -0.25) is 4.79 Å². The Morgan fingerprint density at radius 1 is 1.11 bits per heavy atom. The zero-order chi connectivity index (χ0) is 20.1. The van der Waals surface area contributed by atoms with Crippen LogP contribution in [0.5, 0.6) is 0 Å². The molecule has 1 aliphatic heterocycles. The van der Waals surface area contributed by atoms with Crippen molar-refractivity contribution in [3.63, 3.8) is 0 Å². The number of nitrogens with zero attached hydrogens (tertiary/aromatic N) is 1. The van der Waals surface area contributed by atoms with E-state index in [1.165, 1.54) is 0 Å². The van der Waals surface area contributed by atoms with E-state index in [-0.39, 0.29) is 0 Å². The Morgan fingerprint density at radius 3 is 2.43 bits per heavy atom. The Bertz CT molecular complexity index is 873. The van der Waals surface area contributed by atoms with Gasteiger partial charge in [-0.15, -0.1) is 0 Å². The van der Waals surface area contributed by atoms with Crippen molar-refractivity contribution in [3.05, 3.63) is 64.6 Å². The molecular weight excluding hydrogens is 424 g/mol. The minimum absolute atomic E-state index is 0.427. The summed E-state index contributed by atoms with van der Waals surface area (Å²) < 4.78 is 0.874. The van der Waals surface area contributed by atoms with Gasteiger partial charge in [-0.25, -0.2) is 15.0 Å². The molecule has 5 amide bonds. The molecule has 2 aromatic carbocycles. The van der Waals surface area contributed by atoms with Crippen LogP contribution in [0.4, 0.5) is 15.3 Å². The van der Waals surface area contributed by atoms with Crippen molar-refractivity contribution in [1.82, 2.24) is 15.8 Å². The number of rotatable bonds is 6. The molecule has 3 rings (SSSR count). The molecule has 2 aromatic rings. The van der Waals surface area contributed by atoms with Crippen LogP contribution < -0.4 is 16.1 Å². The molecule has 0 saturated carbocycles. The van der Waals surface area contributed by atoms with Gasteiger partial charge < -0.3 is 10.6 Å². The van der Waals surface area contributed by atoms with Crippen LogP contribution >= 0.6 is 15.9 Å². The predicted octanol–water partition coefficient (Wildman–Crippen LogP) is 3.82. The van der Waals surface area contributed by atoms with E-state index < -0.39 is 23.5 Å². The van der Waals surface area contributed by atoms with Crippen LogP contribution in [0.1, 0.15) is 25.3 Å². The summed E-state index contributed by atoms with van der Waals surface area (Å²) >= 11 is 3.32. The molecule has 0 aromatic heterocycles. The van der Waals surface area contributed by atoms with E-state index in [0.717, 1.165) is 15.0 Å². The maximum Gasteiger partial charge on any atom is 0.344 e. The quantitative estimate of drug-likeness (QED) is 0.591. The number of urea groups is 2. The van der Waals surface area contributed by atoms with E-state index >= 15 is 0 Å². The van der Waals surface area contributed by atoms with Gasteiger partial charge in [0.2, 0.25) is 0 Å². The minimum Gasteiger partial charge on any atom is -0.322 e. The fourth-order valence-electron chi connectivity index (χ4n) is 3.10. The smallest absolute Gasteiger partial charge is 0.322 e. The maximum atomic E-state index is 12.9. The first-order valence-electron chi connectivity index (χ1n) is 8.97. The number of anilines is 1. The molecule has 0 radical (unpaired) electrons. The fraction of sp³-hybridized carbons (Fsp3) is 0.250. The summed E-state index contributed by atoms with van der Waals surface area (Å²) in [5, 5.41) is 6.10. The molecular formula is C20H21BrN4O3. The minimum atomic E-state index is -1.03. The number of halogens is 1. The average molecular weight is 445 g/mol. The number of aryl methyl sites for hydroxylation is 1. The molecule has 1 fully saturated rings. The zero-order valence-corrected chi connectivity index (χ0v) is 17.0. The van der Waals surface area contributed by atoms with Gasteiger partial charge in [0.05, 0.1) is 0 Å². The molecule has 3 N–H and O–H groups in total. The summed E-state index contributed by atoms with van der Waals surface area (Å²) in [5.41, 5.74) is 2.93. The molecule has 8 heteroatoms. The molecule has 0 bridgehead atoms. The predicted molar refractivity (Wildman–Crippen MR) is 109 cm³/mol. The van der Waals surface area contributed by atoms with Crippen LogP contribution in [0.2, 0.25) is 0 Å². The summed E-state index contributed by atoms with van der Waals surface area (Å²) in [7, 11) is 0. The van der Waals surface area contributed by atoms with E-state index in [4.69, 9.17) is 0 Å².